The van der Waals surface area contributed by atoms with E-state index in [1.165, 1.54) is 31.3 Å². The van der Waals surface area contributed by atoms with Crippen molar-refractivity contribution in [2.24, 2.45) is 11.8 Å². The van der Waals surface area contributed by atoms with Gasteiger partial charge in [0.05, 0.1) is 22.3 Å². The Kier molecular flexibility index (Phi) is 8.15. The monoisotopic (exact) mass is 474 g/mol. The summed E-state index contributed by atoms with van der Waals surface area (Å²) < 4.78 is 0. The van der Waals surface area contributed by atoms with Crippen molar-refractivity contribution < 1.29 is 5.11 Å². The van der Waals surface area contributed by atoms with Crippen LogP contribution in [0, 0.1) is 11.8 Å². The van der Waals surface area contributed by atoms with Gasteiger partial charge in [0, 0.05) is 16.5 Å². The lowest BCUT2D eigenvalue weighted by Gasteiger charge is -2.29. The standard InChI is InChI=1S/C27H36Cl2N2O/c1-3-18-9-10-19(8-7-17(2)12-18)13-21-16-23(27(32)25-6-4-5-11-30-25)22-14-20(28)15-24(29)26(22)31-21/h13-18,25,27,30,32H,3-12H2,1-2H3/b19-13+. The third-order valence-corrected chi connectivity index (χ3v) is 7.94. The van der Waals surface area contributed by atoms with Gasteiger partial charge in [0.15, 0.2) is 0 Å². The Morgan fingerprint density at radius 1 is 1.16 bits per heavy atom. The molecule has 1 saturated carbocycles. The smallest absolute Gasteiger partial charge is 0.0950 e. The third kappa shape index (κ3) is 5.67. The molecule has 4 rings (SSSR count). The molecule has 1 saturated heterocycles. The Labute approximate surface area is 202 Å². The summed E-state index contributed by atoms with van der Waals surface area (Å²) in [6.45, 7) is 5.64. The maximum atomic E-state index is 11.3. The van der Waals surface area contributed by atoms with E-state index in [4.69, 9.17) is 28.2 Å². The second-order valence-electron chi connectivity index (χ2n) is 9.92. The molecule has 2 N–H and O–H groups in total. The zero-order chi connectivity index (χ0) is 22.7. The molecular weight excluding hydrogens is 439 g/mol. The van der Waals surface area contributed by atoms with Crippen LogP contribution in [0.3, 0.4) is 0 Å². The van der Waals surface area contributed by atoms with Crippen molar-refractivity contribution in [1.82, 2.24) is 10.3 Å². The highest BCUT2D eigenvalue weighted by molar-refractivity contribution is 6.38. The maximum absolute atomic E-state index is 11.3. The Balaban J connectivity index is 1.73. The van der Waals surface area contributed by atoms with Gasteiger partial charge >= 0.3 is 0 Å². The Hall–Kier alpha value is -1.13. The van der Waals surface area contributed by atoms with Gasteiger partial charge < -0.3 is 10.4 Å². The predicted molar refractivity (Wildman–Crippen MR) is 136 cm³/mol. The van der Waals surface area contributed by atoms with Crippen LogP contribution in [0.15, 0.2) is 23.8 Å². The molecule has 174 valence electrons. The first-order valence-electron chi connectivity index (χ1n) is 12.3. The molecule has 2 heterocycles. The zero-order valence-electron chi connectivity index (χ0n) is 19.3. The Morgan fingerprint density at radius 2 is 1.97 bits per heavy atom. The van der Waals surface area contributed by atoms with Crippen molar-refractivity contribution in [3.63, 3.8) is 0 Å². The first-order chi connectivity index (χ1) is 15.4. The Bertz CT molecular complexity index is 968. The summed E-state index contributed by atoms with van der Waals surface area (Å²) in [5.74, 6) is 1.57. The first kappa shape index (κ1) is 24.0. The van der Waals surface area contributed by atoms with E-state index in [0.29, 0.717) is 10.0 Å². The molecule has 0 radical (unpaired) electrons. The second-order valence-corrected chi connectivity index (χ2v) is 10.8. The minimum atomic E-state index is -0.616. The highest BCUT2D eigenvalue weighted by atomic mass is 35.5. The number of allylic oxidation sites excluding steroid dienone is 1. The number of aromatic nitrogens is 1. The van der Waals surface area contributed by atoms with Crippen LogP contribution in [-0.4, -0.2) is 22.7 Å². The first-order valence-corrected chi connectivity index (χ1v) is 13.1. The van der Waals surface area contributed by atoms with Crippen LogP contribution in [0.5, 0.6) is 0 Å². The highest BCUT2D eigenvalue weighted by Gasteiger charge is 2.26. The van der Waals surface area contributed by atoms with Gasteiger partial charge in [0.25, 0.3) is 0 Å². The largest absolute Gasteiger partial charge is 0.387 e. The molecule has 4 unspecified atom stereocenters. The van der Waals surface area contributed by atoms with Gasteiger partial charge in [-0.3, -0.25) is 0 Å². The molecule has 2 aliphatic rings. The minimum absolute atomic E-state index is 0.0418. The van der Waals surface area contributed by atoms with E-state index in [2.05, 4.69) is 31.3 Å². The topological polar surface area (TPSA) is 45.1 Å². The molecule has 1 aromatic carbocycles. The van der Waals surface area contributed by atoms with E-state index in [0.717, 1.165) is 72.6 Å². The summed E-state index contributed by atoms with van der Waals surface area (Å²) in [6, 6.07) is 5.73. The SMILES string of the molecule is CCC1CC/C(=C/c2cc(C(O)C3CCCCN3)c3cc(Cl)cc(Cl)c3n2)CCC(C)C1. The molecule has 0 spiro atoms. The molecule has 2 fully saturated rings. The van der Waals surface area contributed by atoms with Crippen molar-refractivity contribution in [3.05, 3.63) is 45.1 Å². The minimum Gasteiger partial charge on any atom is -0.387 e. The lowest BCUT2D eigenvalue weighted by molar-refractivity contribution is 0.115. The number of aliphatic hydroxyl groups excluding tert-OH is 1. The summed E-state index contributed by atoms with van der Waals surface area (Å²) >= 11 is 12.9. The van der Waals surface area contributed by atoms with Crippen molar-refractivity contribution in [3.8, 4) is 0 Å². The summed E-state index contributed by atoms with van der Waals surface area (Å²) in [4.78, 5) is 4.91. The number of nitrogens with one attached hydrogen (secondary N) is 1. The van der Waals surface area contributed by atoms with Gasteiger partial charge in [0.1, 0.15) is 0 Å². The van der Waals surface area contributed by atoms with Gasteiger partial charge in [0.2, 0.25) is 0 Å². The van der Waals surface area contributed by atoms with Crippen LogP contribution in [0.2, 0.25) is 10.0 Å². The van der Waals surface area contributed by atoms with Gasteiger partial charge in [-0.1, -0.05) is 55.5 Å². The van der Waals surface area contributed by atoms with Crippen LogP contribution < -0.4 is 5.32 Å². The Morgan fingerprint density at radius 3 is 2.72 bits per heavy atom. The van der Waals surface area contributed by atoms with E-state index in [-0.39, 0.29) is 6.04 Å². The zero-order valence-corrected chi connectivity index (χ0v) is 20.9. The summed E-state index contributed by atoms with van der Waals surface area (Å²) in [5, 5.41) is 16.8. The van der Waals surface area contributed by atoms with Gasteiger partial charge in [-0.2, -0.15) is 0 Å². The molecule has 4 atom stereocenters. The van der Waals surface area contributed by atoms with Gasteiger partial charge in [-0.15, -0.1) is 0 Å². The quantitative estimate of drug-likeness (QED) is 0.476. The van der Waals surface area contributed by atoms with Gasteiger partial charge in [-0.25, -0.2) is 4.98 Å². The number of nitrogens with zero attached hydrogens (tertiary/aromatic N) is 1. The number of halogens is 2. The van der Waals surface area contributed by atoms with Crippen molar-refractivity contribution in [2.75, 3.05) is 6.54 Å². The molecule has 1 aromatic heterocycles. The molecule has 3 nitrogen and oxygen atoms in total. The predicted octanol–water partition coefficient (Wildman–Crippen LogP) is 7.73. The number of rotatable bonds is 4. The van der Waals surface area contributed by atoms with Crippen LogP contribution in [0.4, 0.5) is 0 Å². The van der Waals surface area contributed by atoms with Crippen LogP contribution >= 0.6 is 23.2 Å². The lowest BCUT2D eigenvalue weighted by Crippen LogP contribution is -2.38. The highest BCUT2D eigenvalue weighted by Crippen LogP contribution is 2.36. The molecule has 0 amide bonds. The van der Waals surface area contributed by atoms with Crippen LogP contribution in [0.25, 0.3) is 17.0 Å². The average Bonchev–Trinajstić information content (AvgIpc) is 2.78. The van der Waals surface area contributed by atoms with E-state index in [1.807, 2.05) is 6.07 Å². The summed E-state index contributed by atoms with van der Waals surface area (Å²) in [5.41, 5.74) is 3.95. The van der Waals surface area contributed by atoms with Crippen molar-refractivity contribution >= 4 is 40.2 Å². The fraction of sp³-hybridized carbons (Fsp3) is 0.593. The van der Waals surface area contributed by atoms with Crippen molar-refractivity contribution in [2.45, 2.75) is 83.8 Å². The number of hydrogen-bond acceptors (Lipinski definition) is 3. The molecule has 5 heteroatoms. The van der Waals surface area contributed by atoms with E-state index in [1.54, 1.807) is 6.07 Å². The third-order valence-electron chi connectivity index (χ3n) is 7.43. The molecule has 1 aliphatic carbocycles. The van der Waals surface area contributed by atoms with Crippen LogP contribution in [-0.2, 0) is 0 Å². The lowest BCUT2D eigenvalue weighted by atomic mass is 9.82. The van der Waals surface area contributed by atoms with E-state index < -0.39 is 6.10 Å². The number of aliphatic hydroxyl groups is 1. The number of fused-ring (bicyclic) bond motifs is 1. The fourth-order valence-electron chi connectivity index (χ4n) is 5.46. The van der Waals surface area contributed by atoms with E-state index in [9.17, 15) is 5.11 Å². The van der Waals surface area contributed by atoms with E-state index >= 15 is 0 Å². The number of hydrogen-bond donors (Lipinski definition) is 2. The molecule has 32 heavy (non-hydrogen) atoms. The molecule has 1 aliphatic heterocycles. The van der Waals surface area contributed by atoms with Crippen molar-refractivity contribution in [1.29, 1.82) is 0 Å². The van der Waals surface area contributed by atoms with Gasteiger partial charge in [-0.05, 0) is 93.2 Å². The number of benzene rings is 1. The molecular formula is C27H36Cl2N2O. The molecule has 0 bridgehead atoms. The maximum Gasteiger partial charge on any atom is 0.0950 e. The summed E-state index contributed by atoms with van der Waals surface area (Å²) in [7, 11) is 0. The van der Waals surface area contributed by atoms with Crippen LogP contribution in [0.1, 0.15) is 89.0 Å². The number of piperidine rings is 1. The second kappa shape index (κ2) is 10.9. The fourth-order valence-corrected chi connectivity index (χ4v) is 5.99. The summed E-state index contributed by atoms with van der Waals surface area (Å²) in [6.07, 6.45) is 12.2. The average molecular weight is 476 g/mol. The number of pyridine rings is 1. The molecule has 2 aromatic rings. The normalized spacial score (nSPS) is 27.3.